The highest BCUT2D eigenvalue weighted by Crippen LogP contribution is 2.33. The summed E-state index contributed by atoms with van der Waals surface area (Å²) in [5.74, 6) is 0.439. The van der Waals surface area contributed by atoms with Crippen molar-refractivity contribution < 1.29 is 9.53 Å². The Kier molecular flexibility index (Phi) is 3.27. The second-order valence-corrected chi connectivity index (χ2v) is 3.84. The van der Waals surface area contributed by atoms with E-state index in [1.165, 1.54) is 19.3 Å². The lowest BCUT2D eigenvalue weighted by Gasteiger charge is -2.34. The highest BCUT2D eigenvalue weighted by Gasteiger charge is 2.34. The van der Waals surface area contributed by atoms with Crippen LogP contribution in [-0.4, -0.2) is 19.0 Å². The first-order valence-electron chi connectivity index (χ1n) is 4.74. The first-order chi connectivity index (χ1) is 5.73. The summed E-state index contributed by atoms with van der Waals surface area (Å²) in [5.41, 5.74) is -0.527. The molecule has 70 valence electrons. The number of hydrogen-bond donors (Lipinski definition) is 0. The third-order valence-electron chi connectivity index (χ3n) is 3.09. The van der Waals surface area contributed by atoms with Crippen LogP contribution in [0, 0.1) is 5.92 Å². The molecule has 0 aromatic heterocycles. The van der Waals surface area contributed by atoms with Gasteiger partial charge in [-0.25, -0.2) is 0 Å². The van der Waals surface area contributed by atoms with Crippen LogP contribution in [0.5, 0.6) is 0 Å². The summed E-state index contributed by atoms with van der Waals surface area (Å²) < 4.78 is 5.26. The third-order valence-corrected chi connectivity index (χ3v) is 3.09. The zero-order valence-corrected chi connectivity index (χ0v) is 8.01. The summed E-state index contributed by atoms with van der Waals surface area (Å²) in [6.45, 7) is 1.90. The molecule has 0 spiro atoms. The van der Waals surface area contributed by atoms with E-state index in [4.69, 9.17) is 4.74 Å². The van der Waals surface area contributed by atoms with Gasteiger partial charge in [0.05, 0.1) is 0 Å². The van der Waals surface area contributed by atoms with Gasteiger partial charge in [-0.05, 0) is 25.7 Å². The number of carbonyl (C=O) groups excluding carboxylic acids is 1. The summed E-state index contributed by atoms with van der Waals surface area (Å²) in [5, 5.41) is 0. The number of ether oxygens (including phenoxy) is 1. The molecule has 0 amide bonds. The second-order valence-electron chi connectivity index (χ2n) is 3.84. The molecule has 2 heteroatoms. The van der Waals surface area contributed by atoms with Crippen molar-refractivity contribution in [1.82, 2.24) is 0 Å². The Hall–Kier alpha value is -0.370. The average Bonchev–Trinajstić information content (AvgIpc) is 2.18. The van der Waals surface area contributed by atoms with Crippen LogP contribution in [0.15, 0.2) is 0 Å². The molecule has 0 radical (unpaired) electrons. The number of rotatable bonds is 3. The van der Waals surface area contributed by atoms with Crippen molar-refractivity contribution in [2.45, 2.75) is 44.6 Å². The van der Waals surface area contributed by atoms with Gasteiger partial charge in [0.25, 0.3) is 0 Å². The fourth-order valence-electron chi connectivity index (χ4n) is 1.99. The van der Waals surface area contributed by atoms with Crippen molar-refractivity contribution in [2.75, 3.05) is 7.11 Å². The van der Waals surface area contributed by atoms with Crippen LogP contribution in [0.2, 0.25) is 0 Å². The van der Waals surface area contributed by atoms with Gasteiger partial charge < -0.3 is 9.53 Å². The quantitative estimate of drug-likeness (QED) is 0.607. The Bertz CT molecular complexity index is 150. The largest absolute Gasteiger partial charge is 0.371 e. The number of aldehydes is 1. The Morgan fingerprint density at radius 3 is 2.33 bits per heavy atom. The average molecular weight is 170 g/mol. The minimum absolute atomic E-state index is 0.439. The van der Waals surface area contributed by atoms with Crippen LogP contribution in [0.4, 0.5) is 0 Å². The van der Waals surface area contributed by atoms with E-state index < -0.39 is 5.60 Å². The van der Waals surface area contributed by atoms with E-state index in [0.29, 0.717) is 5.92 Å². The maximum atomic E-state index is 10.8. The third kappa shape index (κ3) is 1.86. The number of carbonyl (C=O) groups is 1. The van der Waals surface area contributed by atoms with Crippen LogP contribution < -0.4 is 0 Å². The highest BCUT2D eigenvalue weighted by molar-refractivity contribution is 5.62. The van der Waals surface area contributed by atoms with Gasteiger partial charge in [0, 0.05) is 7.11 Å². The Morgan fingerprint density at radius 1 is 1.33 bits per heavy atom. The second kappa shape index (κ2) is 4.04. The van der Waals surface area contributed by atoms with E-state index >= 15 is 0 Å². The molecule has 1 saturated carbocycles. The van der Waals surface area contributed by atoms with E-state index in [-0.39, 0.29) is 0 Å². The predicted molar refractivity (Wildman–Crippen MR) is 48.1 cm³/mol. The summed E-state index contributed by atoms with van der Waals surface area (Å²) in [6.07, 6.45) is 7.05. The van der Waals surface area contributed by atoms with Gasteiger partial charge in [-0.2, -0.15) is 0 Å². The summed E-state index contributed by atoms with van der Waals surface area (Å²) in [7, 11) is 1.63. The first-order valence-corrected chi connectivity index (χ1v) is 4.74. The molecule has 0 aliphatic heterocycles. The lowest BCUT2D eigenvalue weighted by molar-refractivity contribution is -0.133. The molecule has 1 rings (SSSR count). The molecule has 1 fully saturated rings. The van der Waals surface area contributed by atoms with Gasteiger partial charge >= 0.3 is 0 Å². The van der Waals surface area contributed by atoms with Crippen molar-refractivity contribution in [3.05, 3.63) is 0 Å². The first kappa shape index (κ1) is 9.72. The number of methoxy groups -OCH3 is 1. The SMILES string of the molecule is COC(C)(C=O)C1CCCCC1. The van der Waals surface area contributed by atoms with Crippen LogP contribution in [-0.2, 0) is 9.53 Å². The smallest absolute Gasteiger partial charge is 0.151 e. The summed E-state index contributed by atoms with van der Waals surface area (Å²) in [4.78, 5) is 10.8. The highest BCUT2D eigenvalue weighted by atomic mass is 16.5. The van der Waals surface area contributed by atoms with E-state index in [1.54, 1.807) is 7.11 Å². The Balaban J connectivity index is 2.57. The predicted octanol–water partition coefficient (Wildman–Crippen LogP) is 2.17. The van der Waals surface area contributed by atoms with Crippen molar-refractivity contribution in [2.24, 2.45) is 5.92 Å². The molecular weight excluding hydrogens is 152 g/mol. The molecule has 1 atom stereocenters. The monoisotopic (exact) mass is 170 g/mol. The topological polar surface area (TPSA) is 26.3 Å². The van der Waals surface area contributed by atoms with Gasteiger partial charge in [0.15, 0.2) is 6.29 Å². The summed E-state index contributed by atoms with van der Waals surface area (Å²) >= 11 is 0. The molecule has 0 heterocycles. The molecule has 12 heavy (non-hydrogen) atoms. The standard InChI is InChI=1S/C10H18O2/c1-10(8-11,12-2)9-6-4-3-5-7-9/h8-9H,3-7H2,1-2H3. The van der Waals surface area contributed by atoms with Crippen molar-refractivity contribution >= 4 is 6.29 Å². The molecule has 2 nitrogen and oxygen atoms in total. The van der Waals surface area contributed by atoms with Crippen LogP contribution >= 0.6 is 0 Å². The minimum Gasteiger partial charge on any atom is -0.371 e. The fourth-order valence-corrected chi connectivity index (χ4v) is 1.99. The van der Waals surface area contributed by atoms with Gasteiger partial charge in [-0.15, -0.1) is 0 Å². The molecule has 1 aliphatic rings. The normalized spacial score (nSPS) is 24.8. The van der Waals surface area contributed by atoms with E-state index in [1.807, 2.05) is 6.92 Å². The molecule has 0 aromatic carbocycles. The molecule has 0 bridgehead atoms. The van der Waals surface area contributed by atoms with Gasteiger partial charge in [0.2, 0.25) is 0 Å². The van der Waals surface area contributed by atoms with Crippen molar-refractivity contribution in [3.8, 4) is 0 Å². The van der Waals surface area contributed by atoms with Crippen LogP contribution in [0.25, 0.3) is 0 Å². The fraction of sp³-hybridized carbons (Fsp3) is 0.900. The van der Waals surface area contributed by atoms with E-state index in [9.17, 15) is 4.79 Å². The van der Waals surface area contributed by atoms with Crippen LogP contribution in [0.3, 0.4) is 0 Å². The van der Waals surface area contributed by atoms with E-state index in [2.05, 4.69) is 0 Å². The zero-order chi connectivity index (χ0) is 9.03. The molecule has 1 aliphatic carbocycles. The molecule has 1 unspecified atom stereocenters. The molecular formula is C10H18O2. The molecule has 0 saturated heterocycles. The van der Waals surface area contributed by atoms with Gasteiger partial charge in [0.1, 0.15) is 5.60 Å². The molecule has 0 aromatic rings. The Labute approximate surface area is 74.3 Å². The van der Waals surface area contributed by atoms with E-state index in [0.717, 1.165) is 19.1 Å². The van der Waals surface area contributed by atoms with Gasteiger partial charge in [-0.1, -0.05) is 19.3 Å². The maximum absolute atomic E-state index is 10.8. The number of hydrogen-bond acceptors (Lipinski definition) is 2. The Morgan fingerprint density at radius 2 is 1.92 bits per heavy atom. The van der Waals surface area contributed by atoms with Crippen molar-refractivity contribution in [1.29, 1.82) is 0 Å². The van der Waals surface area contributed by atoms with Crippen molar-refractivity contribution in [3.63, 3.8) is 0 Å². The van der Waals surface area contributed by atoms with Crippen LogP contribution in [0.1, 0.15) is 39.0 Å². The van der Waals surface area contributed by atoms with Gasteiger partial charge in [-0.3, -0.25) is 0 Å². The minimum atomic E-state index is -0.527. The molecule has 0 N–H and O–H groups in total. The lowest BCUT2D eigenvalue weighted by atomic mass is 9.78. The maximum Gasteiger partial charge on any atom is 0.151 e. The zero-order valence-electron chi connectivity index (χ0n) is 8.01. The summed E-state index contributed by atoms with van der Waals surface area (Å²) in [6, 6.07) is 0. The lowest BCUT2D eigenvalue weighted by Crippen LogP contribution is -2.39.